The van der Waals surface area contributed by atoms with Gasteiger partial charge in [-0.05, 0) is 75.6 Å². The first-order valence-corrected chi connectivity index (χ1v) is 11.0. The van der Waals surface area contributed by atoms with Crippen molar-refractivity contribution in [3.63, 3.8) is 0 Å². The van der Waals surface area contributed by atoms with Gasteiger partial charge in [-0.1, -0.05) is 24.6 Å². The molecule has 2 rings (SSSR count). The van der Waals surface area contributed by atoms with E-state index in [2.05, 4.69) is 6.92 Å². The molecule has 0 aliphatic heterocycles. The summed E-state index contributed by atoms with van der Waals surface area (Å²) in [5, 5.41) is 9.95. The molecule has 29 heavy (non-hydrogen) atoms. The summed E-state index contributed by atoms with van der Waals surface area (Å²) in [5.74, 6) is 1.73. The standard InChI is InChI=1S/C23H29ClO4S/c1-6-17(13-27-18-8-7-15(2)20(24)12-18)14-29-19-9-10-21(16(3)11-19)28-23(4,5)22(25)26/h7-12,17H,6,13-14H2,1-5H3,(H,25,26). The second-order valence-corrected chi connectivity index (χ2v) is 9.15. The van der Waals surface area contributed by atoms with Crippen molar-refractivity contribution in [3.05, 3.63) is 52.5 Å². The highest BCUT2D eigenvalue weighted by atomic mass is 35.5. The van der Waals surface area contributed by atoms with E-state index in [-0.39, 0.29) is 0 Å². The molecule has 0 amide bonds. The third-order valence-corrected chi connectivity index (χ3v) is 6.35. The van der Waals surface area contributed by atoms with Crippen molar-refractivity contribution in [2.24, 2.45) is 5.92 Å². The summed E-state index contributed by atoms with van der Waals surface area (Å²) in [6, 6.07) is 11.6. The van der Waals surface area contributed by atoms with Crippen molar-refractivity contribution < 1.29 is 19.4 Å². The van der Waals surface area contributed by atoms with Crippen LogP contribution in [-0.4, -0.2) is 29.0 Å². The number of hydrogen-bond acceptors (Lipinski definition) is 4. The molecule has 0 aromatic heterocycles. The van der Waals surface area contributed by atoms with Gasteiger partial charge in [-0.2, -0.15) is 0 Å². The summed E-state index contributed by atoms with van der Waals surface area (Å²) in [4.78, 5) is 12.4. The van der Waals surface area contributed by atoms with Gasteiger partial charge in [0.05, 0.1) is 6.61 Å². The summed E-state index contributed by atoms with van der Waals surface area (Å²) in [6.07, 6.45) is 1.01. The number of benzene rings is 2. The summed E-state index contributed by atoms with van der Waals surface area (Å²) in [6.45, 7) is 9.79. The van der Waals surface area contributed by atoms with Crippen LogP contribution in [0.5, 0.6) is 11.5 Å². The van der Waals surface area contributed by atoms with Crippen LogP contribution in [0.1, 0.15) is 38.3 Å². The van der Waals surface area contributed by atoms with Gasteiger partial charge in [-0.3, -0.25) is 0 Å². The normalized spacial score (nSPS) is 12.5. The maximum absolute atomic E-state index is 11.3. The van der Waals surface area contributed by atoms with Crippen LogP contribution in [0.25, 0.3) is 0 Å². The topological polar surface area (TPSA) is 55.8 Å². The first kappa shape index (κ1) is 23.4. The molecule has 158 valence electrons. The molecule has 2 aromatic carbocycles. The SMILES string of the molecule is CCC(COc1ccc(C)c(Cl)c1)CSc1ccc(OC(C)(C)C(=O)O)c(C)c1. The van der Waals surface area contributed by atoms with E-state index in [1.807, 2.05) is 50.2 Å². The molecule has 0 aliphatic rings. The van der Waals surface area contributed by atoms with E-state index in [1.54, 1.807) is 25.6 Å². The Morgan fingerprint density at radius 2 is 1.90 bits per heavy atom. The van der Waals surface area contributed by atoms with Crippen LogP contribution in [-0.2, 0) is 4.79 Å². The molecule has 1 atom stereocenters. The molecule has 1 unspecified atom stereocenters. The third kappa shape index (κ3) is 6.86. The fourth-order valence-electron chi connectivity index (χ4n) is 2.52. The van der Waals surface area contributed by atoms with Crippen LogP contribution < -0.4 is 9.47 Å². The van der Waals surface area contributed by atoms with Crippen LogP contribution in [0.3, 0.4) is 0 Å². The highest BCUT2D eigenvalue weighted by molar-refractivity contribution is 7.99. The quantitative estimate of drug-likeness (QED) is 0.437. The van der Waals surface area contributed by atoms with Gasteiger partial charge in [0, 0.05) is 21.6 Å². The van der Waals surface area contributed by atoms with E-state index in [0.717, 1.165) is 33.9 Å². The molecule has 0 spiro atoms. The third-order valence-electron chi connectivity index (χ3n) is 4.72. The maximum Gasteiger partial charge on any atom is 0.347 e. The van der Waals surface area contributed by atoms with Crippen molar-refractivity contribution >= 4 is 29.3 Å². The number of carboxylic acid groups (broad SMARTS) is 1. The van der Waals surface area contributed by atoms with E-state index in [9.17, 15) is 9.90 Å². The van der Waals surface area contributed by atoms with Crippen LogP contribution in [0.4, 0.5) is 0 Å². The molecule has 0 saturated carbocycles. The number of rotatable bonds is 10. The lowest BCUT2D eigenvalue weighted by atomic mass is 10.1. The zero-order valence-corrected chi connectivity index (χ0v) is 19.2. The monoisotopic (exact) mass is 436 g/mol. The fraction of sp³-hybridized carbons (Fsp3) is 0.435. The Hall–Kier alpha value is -1.85. The number of hydrogen-bond donors (Lipinski definition) is 1. The molecule has 0 aliphatic carbocycles. The molecule has 0 saturated heterocycles. The Balaban J connectivity index is 1.92. The first-order chi connectivity index (χ1) is 13.6. The van der Waals surface area contributed by atoms with E-state index >= 15 is 0 Å². The molecular formula is C23H29ClO4S. The summed E-state index contributed by atoms with van der Waals surface area (Å²) in [5.41, 5.74) is 0.697. The number of carbonyl (C=O) groups is 1. The predicted octanol–water partition coefficient (Wildman–Crippen LogP) is 6.40. The second kappa shape index (κ2) is 10.3. The number of aryl methyl sites for hydroxylation is 2. The molecule has 4 nitrogen and oxygen atoms in total. The van der Waals surface area contributed by atoms with Crippen LogP contribution in [0.15, 0.2) is 41.3 Å². The summed E-state index contributed by atoms with van der Waals surface area (Å²) >= 11 is 7.93. The minimum Gasteiger partial charge on any atom is -0.493 e. The Morgan fingerprint density at radius 3 is 2.48 bits per heavy atom. The highest BCUT2D eigenvalue weighted by Gasteiger charge is 2.29. The average Bonchev–Trinajstić information content (AvgIpc) is 2.66. The molecular weight excluding hydrogens is 408 g/mol. The number of ether oxygens (including phenoxy) is 2. The van der Waals surface area contributed by atoms with Gasteiger partial charge in [0.15, 0.2) is 5.60 Å². The largest absolute Gasteiger partial charge is 0.493 e. The van der Waals surface area contributed by atoms with Crippen molar-refractivity contribution in [1.29, 1.82) is 0 Å². The lowest BCUT2D eigenvalue weighted by molar-refractivity contribution is -0.152. The second-order valence-electron chi connectivity index (χ2n) is 7.65. The van der Waals surface area contributed by atoms with Gasteiger partial charge in [0.1, 0.15) is 11.5 Å². The Bertz CT molecular complexity index is 851. The fourth-order valence-corrected chi connectivity index (χ4v) is 3.88. The molecule has 2 aromatic rings. The molecule has 0 bridgehead atoms. The molecule has 1 N–H and O–H groups in total. The Kier molecular flexibility index (Phi) is 8.29. The van der Waals surface area contributed by atoms with Gasteiger partial charge in [-0.15, -0.1) is 11.8 Å². The van der Waals surface area contributed by atoms with E-state index in [4.69, 9.17) is 21.1 Å². The van der Waals surface area contributed by atoms with Crippen LogP contribution in [0.2, 0.25) is 5.02 Å². The maximum atomic E-state index is 11.3. The van der Waals surface area contributed by atoms with Gasteiger partial charge in [-0.25, -0.2) is 4.79 Å². The van der Waals surface area contributed by atoms with E-state index in [0.29, 0.717) is 23.3 Å². The van der Waals surface area contributed by atoms with Gasteiger partial charge in [0.25, 0.3) is 0 Å². The number of aliphatic carboxylic acids is 1. The Labute approximate surface area is 182 Å². The van der Waals surface area contributed by atoms with E-state index in [1.165, 1.54) is 0 Å². The molecule has 6 heteroatoms. The first-order valence-electron chi connectivity index (χ1n) is 9.67. The lowest BCUT2D eigenvalue weighted by Gasteiger charge is -2.23. The van der Waals surface area contributed by atoms with Crippen LogP contribution >= 0.6 is 23.4 Å². The van der Waals surface area contributed by atoms with Crippen molar-refractivity contribution in [2.75, 3.05) is 12.4 Å². The molecule has 0 heterocycles. The average molecular weight is 437 g/mol. The smallest absolute Gasteiger partial charge is 0.347 e. The summed E-state index contributed by atoms with van der Waals surface area (Å²) < 4.78 is 11.6. The van der Waals surface area contributed by atoms with Crippen LogP contribution in [0, 0.1) is 19.8 Å². The van der Waals surface area contributed by atoms with Crippen molar-refractivity contribution in [2.45, 2.75) is 51.5 Å². The number of thioether (sulfide) groups is 1. The zero-order valence-electron chi connectivity index (χ0n) is 17.6. The molecule has 0 fully saturated rings. The minimum absolute atomic E-state index is 0.405. The number of carboxylic acids is 1. The van der Waals surface area contributed by atoms with Crippen molar-refractivity contribution in [3.8, 4) is 11.5 Å². The van der Waals surface area contributed by atoms with Gasteiger partial charge in [0.2, 0.25) is 0 Å². The summed E-state index contributed by atoms with van der Waals surface area (Å²) in [7, 11) is 0. The van der Waals surface area contributed by atoms with Crippen molar-refractivity contribution in [1.82, 2.24) is 0 Å². The molecule has 0 radical (unpaired) electrons. The Morgan fingerprint density at radius 1 is 1.17 bits per heavy atom. The zero-order chi connectivity index (χ0) is 21.6. The predicted molar refractivity (Wildman–Crippen MR) is 120 cm³/mol. The van der Waals surface area contributed by atoms with E-state index < -0.39 is 11.6 Å². The van der Waals surface area contributed by atoms with Gasteiger partial charge < -0.3 is 14.6 Å². The number of halogens is 1. The minimum atomic E-state index is -1.26. The lowest BCUT2D eigenvalue weighted by Crippen LogP contribution is -2.38. The van der Waals surface area contributed by atoms with Gasteiger partial charge >= 0.3 is 5.97 Å². The highest BCUT2D eigenvalue weighted by Crippen LogP contribution is 2.30.